The normalized spacial score (nSPS) is 10.3. The van der Waals surface area contributed by atoms with Gasteiger partial charge in [0.2, 0.25) is 0 Å². The van der Waals surface area contributed by atoms with Gasteiger partial charge in [0, 0.05) is 25.0 Å². The summed E-state index contributed by atoms with van der Waals surface area (Å²) in [6.07, 6.45) is 5.23. The average Bonchev–Trinajstić information content (AvgIpc) is 2.87. The number of thioether (sulfide) groups is 1. The highest BCUT2D eigenvalue weighted by molar-refractivity contribution is 8.12. The first kappa shape index (κ1) is 13.0. The molecule has 0 atom stereocenters. The molecule has 0 unspecified atom stereocenters. The van der Waals surface area contributed by atoms with Gasteiger partial charge in [0.1, 0.15) is 10.0 Å². The summed E-state index contributed by atoms with van der Waals surface area (Å²) in [4.78, 5) is 17.1. The molecular formula is C11H12N4OS2. The number of hydrogen-bond donors (Lipinski definition) is 0. The highest BCUT2D eigenvalue weighted by Crippen LogP contribution is 2.23. The monoisotopic (exact) mass is 280 g/mol. The number of carbonyl (C=O) groups is 1. The van der Waals surface area contributed by atoms with Crippen LogP contribution in [0, 0.1) is 0 Å². The van der Waals surface area contributed by atoms with Crippen LogP contribution in [0.4, 0.5) is 4.79 Å². The van der Waals surface area contributed by atoms with Crippen molar-refractivity contribution in [2.75, 3.05) is 13.3 Å². The molecule has 0 aromatic carbocycles. The van der Waals surface area contributed by atoms with Crippen LogP contribution in [-0.2, 0) is 6.54 Å². The lowest BCUT2D eigenvalue weighted by molar-refractivity contribution is 0.232. The zero-order valence-corrected chi connectivity index (χ0v) is 11.7. The van der Waals surface area contributed by atoms with E-state index < -0.39 is 0 Å². The summed E-state index contributed by atoms with van der Waals surface area (Å²) in [6.45, 7) is 0.484. The van der Waals surface area contributed by atoms with E-state index in [4.69, 9.17) is 0 Å². The number of rotatable bonds is 3. The van der Waals surface area contributed by atoms with E-state index in [0.29, 0.717) is 6.54 Å². The molecule has 2 aromatic rings. The first-order valence-electron chi connectivity index (χ1n) is 5.22. The number of aromatic nitrogens is 3. The standard InChI is InChI=1S/C11H12N4OS2/c1-15(11(16)17-2)7-9-13-14-10(18-9)8-4-3-5-12-6-8/h3-6H,7H2,1-2H3. The summed E-state index contributed by atoms with van der Waals surface area (Å²) in [5, 5.41) is 9.86. The maximum absolute atomic E-state index is 11.4. The third-order valence-corrected chi connectivity index (χ3v) is 3.85. The van der Waals surface area contributed by atoms with E-state index in [1.54, 1.807) is 30.6 Å². The fraction of sp³-hybridized carbons (Fsp3) is 0.273. The quantitative estimate of drug-likeness (QED) is 0.864. The van der Waals surface area contributed by atoms with Crippen LogP contribution in [-0.4, -0.2) is 38.6 Å². The Morgan fingerprint density at radius 2 is 2.33 bits per heavy atom. The minimum Gasteiger partial charge on any atom is -0.330 e. The van der Waals surface area contributed by atoms with Crippen LogP contribution in [0.2, 0.25) is 0 Å². The van der Waals surface area contributed by atoms with Gasteiger partial charge < -0.3 is 4.90 Å². The molecule has 0 N–H and O–H groups in total. The molecule has 18 heavy (non-hydrogen) atoms. The van der Waals surface area contributed by atoms with Gasteiger partial charge in [0.05, 0.1) is 6.54 Å². The van der Waals surface area contributed by atoms with Crippen molar-refractivity contribution in [1.82, 2.24) is 20.1 Å². The Kier molecular flexibility index (Phi) is 4.27. The summed E-state index contributed by atoms with van der Waals surface area (Å²) in [7, 11) is 1.75. The van der Waals surface area contributed by atoms with Crippen molar-refractivity contribution in [2.24, 2.45) is 0 Å². The second-order valence-electron chi connectivity index (χ2n) is 3.57. The van der Waals surface area contributed by atoms with Crippen molar-refractivity contribution in [3.8, 4) is 10.6 Å². The second kappa shape index (κ2) is 5.92. The van der Waals surface area contributed by atoms with E-state index in [2.05, 4.69) is 15.2 Å². The molecule has 1 amide bonds. The molecule has 0 fully saturated rings. The van der Waals surface area contributed by atoms with Crippen LogP contribution >= 0.6 is 23.1 Å². The van der Waals surface area contributed by atoms with E-state index in [9.17, 15) is 4.79 Å². The molecule has 94 valence electrons. The lowest BCUT2D eigenvalue weighted by Crippen LogP contribution is -2.21. The lowest BCUT2D eigenvalue weighted by Gasteiger charge is -2.12. The van der Waals surface area contributed by atoms with Gasteiger partial charge in [0.25, 0.3) is 5.24 Å². The molecule has 2 rings (SSSR count). The van der Waals surface area contributed by atoms with E-state index in [-0.39, 0.29) is 5.24 Å². The predicted octanol–water partition coefficient (Wildman–Crippen LogP) is 2.51. The smallest absolute Gasteiger partial charge is 0.281 e. The molecule has 0 bridgehead atoms. The van der Waals surface area contributed by atoms with Gasteiger partial charge >= 0.3 is 0 Å². The molecule has 0 aliphatic heterocycles. The molecule has 7 heteroatoms. The Balaban J connectivity index is 2.09. The fourth-order valence-electron chi connectivity index (χ4n) is 1.35. The van der Waals surface area contributed by atoms with E-state index >= 15 is 0 Å². The van der Waals surface area contributed by atoms with Gasteiger partial charge in [-0.1, -0.05) is 23.1 Å². The van der Waals surface area contributed by atoms with Gasteiger partial charge in [-0.05, 0) is 18.4 Å². The van der Waals surface area contributed by atoms with Crippen LogP contribution in [0.25, 0.3) is 10.6 Å². The molecule has 0 radical (unpaired) electrons. The van der Waals surface area contributed by atoms with Crippen LogP contribution in [0.3, 0.4) is 0 Å². The van der Waals surface area contributed by atoms with E-state index in [0.717, 1.165) is 15.6 Å². The Hall–Kier alpha value is -1.47. The number of hydrogen-bond acceptors (Lipinski definition) is 6. The highest BCUT2D eigenvalue weighted by Gasteiger charge is 2.12. The van der Waals surface area contributed by atoms with Gasteiger partial charge in [0.15, 0.2) is 0 Å². The molecule has 5 nitrogen and oxygen atoms in total. The number of amides is 1. The molecule has 0 aliphatic rings. The zero-order valence-electron chi connectivity index (χ0n) is 10.0. The third kappa shape index (κ3) is 3.05. The third-order valence-electron chi connectivity index (χ3n) is 2.23. The average molecular weight is 280 g/mol. The molecule has 0 spiro atoms. The summed E-state index contributed by atoms with van der Waals surface area (Å²) < 4.78 is 0. The predicted molar refractivity (Wildman–Crippen MR) is 73.5 cm³/mol. The van der Waals surface area contributed by atoms with Crippen molar-refractivity contribution in [3.05, 3.63) is 29.5 Å². The zero-order chi connectivity index (χ0) is 13.0. The summed E-state index contributed by atoms with van der Waals surface area (Å²) in [6, 6.07) is 3.80. The Morgan fingerprint density at radius 3 is 3.00 bits per heavy atom. The first-order valence-corrected chi connectivity index (χ1v) is 7.26. The van der Waals surface area contributed by atoms with Crippen molar-refractivity contribution >= 4 is 28.3 Å². The topological polar surface area (TPSA) is 59.0 Å². The summed E-state index contributed by atoms with van der Waals surface area (Å²) in [5.74, 6) is 0. The highest BCUT2D eigenvalue weighted by atomic mass is 32.2. The van der Waals surface area contributed by atoms with Crippen LogP contribution in [0.5, 0.6) is 0 Å². The molecule has 2 aromatic heterocycles. The molecular weight excluding hydrogens is 268 g/mol. The molecule has 2 heterocycles. The first-order chi connectivity index (χ1) is 8.70. The Morgan fingerprint density at radius 1 is 1.50 bits per heavy atom. The van der Waals surface area contributed by atoms with Gasteiger partial charge in [-0.3, -0.25) is 9.78 Å². The van der Waals surface area contributed by atoms with Crippen molar-refractivity contribution in [2.45, 2.75) is 6.54 Å². The number of nitrogens with zero attached hydrogens (tertiary/aromatic N) is 4. The fourth-order valence-corrected chi connectivity index (χ4v) is 2.61. The van der Waals surface area contributed by atoms with Crippen molar-refractivity contribution in [1.29, 1.82) is 0 Å². The molecule has 0 aliphatic carbocycles. The van der Waals surface area contributed by atoms with E-state index in [1.807, 2.05) is 12.1 Å². The van der Waals surface area contributed by atoms with Crippen LogP contribution < -0.4 is 0 Å². The minimum absolute atomic E-state index is 0.0214. The van der Waals surface area contributed by atoms with Gasteiger partial charge in [-0.15, -0.1) is 10.2 Å². The SMILES string of the molecule is CSC(=O)N(C)Cc1nnc(-c2cccnc2)s1. The maximum atomic E-state index is 11.4. The minimum atomic E-state index is 0.0214. The van der Waals surface area contributed by atoms with Crippen molar-refractivity contribution in [3.63, 3.8) is 0 Å². The maximum Gasteiger partial charge on any atom is 0.281 e. The van der Waals surface area contributed by atoms with Gasteiger partial charge in [-0.25, -0.2) is 0 Å². The largest absolute Gasteiger partial charge is 0.330 e. The van der Waals surface area contributed by atoms with Crippen LogP contribution in [0.1, 0.15) is 5.01 Å². The molecule has 0 saturated carbocycles. The summed E-state index contributed by atoms with van der Waals surface area (Å²) >= 11 is 2.67. The van der Waals surface area contributed by atoms with Gasteiger partial charge in [-0.2, -0.15) is 0 Å². The number of pyridine rings is 1. The number of carbonyl (C=O) groups excluding carboxylic acids is 1. The van der Waals surface area contributed by atoms with Crippen molar-refractivity contribution < 1.29 is 4.79 Å². The van der Waals surface area contributed by atoms with Crippen LogP contribution in [0.15, 0.2) is 24.5 Å². The lowest BCUT2D eigenvalue weighted by atomic mass is 10.3. The van der Waals surface area contributed by atoms with E-state index in [1.165, 1.54) is 23.1 Å². The second-order valence-corrected chi connectivity index (χ2v) is 5.39. The Bertz CT molecular complexity index is 529. The molecule has 0 saturated heterocycles. The Labute approximate surface area is 113 Å². The summed E-state index contributed by atoms with van der Waals surface area (Å²) in [5.41, 5.74) is 0.945.